The molecule has 0 radical (unpaired) electrons. The molecule has 0 atom stereocenters. The number of pyridine rings is 1. The van der Waals surface area contributed by atoms with Crippen molar-refractivity contribution in [2.75, 3.05) is 6.54 Å². The Kier molecular flexibility index (Phi) is 3.76. The summed E-state index contributed by atoms with van der Waals surface area (Å²) in [5.74, 6) is 0. The molecule has 2 heterocycles. The molecule has 84 valence electrons. The minimum Gasteiger partial charge on any atom is -0.330 e. The maximum Gasteiger partial charge on any atom is 0.143 e. The summed E-state index contributed by atoms with van der Waals surface area (Å²) < 4.78 is 0. The van der Waals surface area contributed by atoms with E-state index in [0.29, 0.717) is 22.3 Å². The van der Waals surface area contributed by atoms with Gasteiger partial charge in [-0.25, -0.2) is 4.98 Å². The Labute approximate surface area is 107 Å². The molecule has 0 amide bonds. The minimum atomic E-state index is 0.515. The quantitative estimate of drug-likeness (QED) is 0.936. The van der Waals surface area contributed by atoms with Crippen molar-refractivity contribution >= 4 is 34.5 Å². The van der Waals surface area contributed by atoms with Crippen LogP contribution in [0, 0.1) is 0 Å². The summed E-state index contributed by atoms with van der Waals surface area (Å²) in [5.41, 5.74) is 7.10. The lowest BCUT2D eigenvalue weighted by Crippen LogP contribution is -2.02. The third-order valence-corrected chi connectivity index (χ3v) is 3.36. The molecule has 0 aliphatic carbocycles. The first kappa shape index (κ1) is 11.8. The van der Waals surface area contributed by atoms with Crippen LogP contribution in [0.2, 0.25) is 10.0 Å². The van der Waals surface area contributed by atoms with Crippen LogP contribution in [0.4, 0.5) is 0 Å². The van der Waals surface area contributed by atoms with Gasteiger partial charge in [0, 0.05) is 18.0 Å². The Morgan fingerprint density at radius 1 is 1.38 bits per heavy atom. The summed E-state index contributed by atoms with van der Waals surface area (Å²) >= 11 is 13.3. The van der Waals surface area contributed by atoms with E-state index in [4.69, 9.17) is 28.9 Å². The standard InChI is InChI=1S/C10H9Cl2N3S/c11-6-3-8(12)9(14-4-6)10-15-7(1-2-13)5-16-10/h3-5H,1-2,13H2. The van der Waals surface area contributed by atoms with Crippen LogP contribution in [0.15, 0.2) is 17.6 Å². The van der Waals surface area contributed by atoms with Crippen LogP contribution in [0.25, 0.3) is 10.7 Å². The Hall–Kier alpha value is -0.680. The number of hydrogen-bond acceptors (Lipinski definition) is 4. The van der Waals surface area contributed by atoms with Crippen molar-refractivity contribution in [1.29, 1.82) is 0 Å². The maximum atomic E-state index is 6.05. The summed E-state index contributed by atoms with van der Waals surface area (Å²) in [4.78, 5) is 8.58. The van der Waals surface area contributed by atoms with Gasteiger partial charge in [0.2, 0.25) is 0 Å². The van der Waals surface area contributed by atoms with Gasteiger partial charge in [0.25, 0.3) is 0 Å². The first-order chi connectivity index (χ1) is 7.70. The van der Waals surface area contributed by atoms with E-state index in [2.05, 4.69) is 9.97 Å². The van der Waals surface area contributed by atoms with Gasteiger partial charge in [-0.3, -0.25) is 4.98 Å². The van der Waals surface area contributed by atoms with Gasteiger partial charge in [0.1, 0.15) is 10.7 Å². The van der Waals surface area contributed by atoms with Gasteiger partial charge in [-0.2, -0.15) is 0 Å². The van der Waals surface area contributed by atoms with E-state index in [9.17, 15) is 0 Å². The molecule has 0 aromatic carbocycles. The molecule has 16 heavy (non-hydrogen) atoms. The smallest absolute Gasteiger partial charge is 0.143 e. The molecular weight excluding hydrogens is 265 g/mol. The molecule has 6 heteroatoms. The van der Waals surface area contributed by atoms with Crippen LogP contribution in [-0.4, -0.2) is 16.5 Å². The van der Waals surface area contributed by atoms with Crippen molar-refractivity contribution in [2.45, 2.75) is 6.42 Å². The summed E-state index contributed by atoms with van der Waals surface area (Å²) in [6.07, 6.45) is 2.33. The first-order valence-corrected chi connectivity index (χ1v) is 6.30. The zero-order valence-electron chi connectivity index (χ0n) is 8.28. The summed E-state index contributed by atoms with van der Waals surface area (Å²) in [6, 6.07) is 1.66. The fraction of sp³-hybridized carbons (Fsp3) is 0.200. The molecule has 0 unspecified atom stereocenters. The van der Waals surface area contributed by atoms with E-state index in [0.717, 1.165) is 17.1 Å². The largest absolute Gasteiger partial charge is 0.330 e. The molecule has 2 aromatic heterocycles. The lowest BCUT2D eigenvalue weighted by atomic mass is 10.3. The average Bonchev–Trinajstić information content (AvgIpc) is 2.67. The Morgan fingerprint density at radius 3 is 2.88 bits per heavy atom. The van der Waals surface area contributed by atoms with Crippen molar-refractivity contribution in [3.63, 3.8) is 0 Å². The van der Waals surface area contributed by atoms with Crippen molar-refractivity contribution in [1.82, 2.24) is 9.97 Å². The third kappa shape index (κ3) is 2.52. The van der Waals surface area contributed by atoms with Gasteiger partial charge in [0.15, 0.2) is 0 Å². The molecule has 2 N–H and O–H groups in total. The lowest BCUT2D eigenvalue weighted by molar-refractivity contribution is 0.936. The van der Waals surface area contributed by atoms with Crippen molar-refractivity contribution in [3.8, 4) is 10.7 Å². The molecule has 0 spiro atoms. The number of thiazole rings is 1. The predicted molar refractivity (Wildman–Crippen MR) is 68.1 cm³/mol. The lowest BCUT2D eigenvalue weighted by Gasteiger charge is -1.99. The van der Waals surface area contributed by atoms with E-state index in [1.165, 1.54) is 11.3 Å². The summed E-state index contributed by atoms with van der Waals surface area (Å²) in [5, 5.41) is 3.80. The topological polar surface area (TPSA) is 51.8 Å². The SMILES string of the molecule is NCCc1csc(-c2ncc(Cl)cc2Cl)n1. The van der Waals surface area contributed by atoms with Crippen LogP contribution in [0.3, 0.4) is 0 Å². The fourth-order valence-corrected chi connectivity index (χ4v) is 2.64. The molecule has 0 aliphatic heterocycles. The zero-order valence-corrected chi connectivity index (χ0v) is 10.6. The van der Waals surface area contributed by atoms with E-state index < -0.39 is 0 Å². The second-order valence-electron chi connectivity index (χ2n) is 3.17. The second kappa shape index (κ2) is 5.10. The summed E-state index contributed by atoms with van der Waals surface area (Å²) in [6.45, 7) is 0.588. The second-order valence-corrected chi connectivity index (χ2v) is 4.87. The van der Waals surface area contributed by atoms with Crippen LogP contribution in [-0.2, 0) is 6.42 Å². The third-order valence-electron chi connectivity index (χ3n) is 1.96. The zero-order chi connectivity index (χ0) is 11.5. The van der Waals surface area contributed by atoms with Gasteiger partial charge in [-0.15, -0.1) is 11.3 Å². The van der Waals surface area contributed by atoms with Gasteiger partial charge in [-0.1, -0.05) is 23.2 Å². The highest BCUT2D eigenvalue weighted by atomic mass is 35.5. The van der Waals surface area contributed by atoms with Gasteiger partial charge >= 0.3 is 0 Å². The molecular formula is C10H9Cl2N3S. The van der Waals surface area contributed by atoms with Crippen molar-refractivity contribution < 1.29 is 0 Å². The molecule has 0 aliphatic rings. The average molecular weight is 274 g/mol. The minimum absolute atomic E-state index is 0.515. The van der Waals surface area contributed by atoms with Crippen LogP contribution >= 0.6 is 34.5 Å². The molecule has 3 nitrogen and oxygen atoms in total. The Morgan fingerprint density at radius 2 is 2.19 bits per heavy atom. The molecule has 0 saturated carbocycles. The van der Waals surface area contributed by atoms with Gasteiger partial charge < -0.3 is 5.73 Å². The molecule has 2 rings (SSSR count). The highest BCUT2D eigenvalue weighted by Gasteiger charge is 2.10. The van der Waals surface area contributed by atoms with Gasteiger partial charge in [0.05, 0.1) is 15.7 Å². The first-order valence-electron chi connectivity index (χ1n) is 4.66. The highest BCUT2D eigenvalue weighted by molar-refractivity contribution is 7.13. The molecule has 0 fully saturated rings. The monoisotopic (exact) mass is 273 g/mol. The normalized spacial score (nSPS) is 10.7. The molecule has 2 aromatic rings. The van der Waals surface area contributed by atoms with Crippen LogP contribution < -0.4 is 5.73 Å². The van der Waals surface area contributed by atoms with Crippen LogP contribution in [0.1, 0.15) is 5.69 Å². The van der Waals surface area contributed by atoms with E-state index >= 15 is 0 Å². The van der Waals surface area contributed by atoms with Crippen LogP contribution in [0.5, 0.6) is 0 Å². The highest BCUT2D eigenvalue weighted by Crippen LogP contribution is 2.30. The molecule has 0 saturated heterocycles. The number of halogens is 2. The molecule has 0 bridgehead atoms. The summed E-state index contributed by atoms with van der Waals surface area (Å²) in [7, 11) is 0. The van der Waals surface area contributed by atoms with Crippen molar-refractivity contribution in [3.05, 3.63) is 33.4 Å². The number of hydrogen-bond donors (Lipinski definition) is 1. The van der Waals surface area contributed by atoms with E-state index in [1.807, 2.05) is 5.38 Å². The Balaban J connectivity index is 2.35. The van der Waals surface area contributed by atoms with Crippen molar-refractivity contribution in [2.24, 2.45) is 5.73 Å². The van der Waals surface area contributed by atoms with E-state index in [1.54, 1.807) is 12.3 Å². The van der Waals surface area contributed by atoms with E-state index in [-0.39, 0.29) is 0 Å². The maximum absolute atomic E-state index is 6.05. The number of nitrogens with two attached hydrogens (primary N) is 1. The number of rotatable bonds is 3. The van der Waals surface area contributed by atoms with Gasteiger partial charge in [-0.05, 0) is 12.6 Å². The predicted octanol–water partition coefficient (Wildman–Crippen LogP) is 3.01. The number of aromatic nitrogens is 2. The Bertz CT molecular complexity index is 499. The number of nitrogens with zero attached hydrogens (tertiary/aromatic N) is 2. The fourth-order valence-electron chi connectivity index (χ4n) is 1.25.